The van der Waals surface area contributed by atoms with Crippen LogP contribution in [0.25, 0.3) is 10.9 Å². The Balaban J connectivity index is 1.48. The van der Waals surface area contributed by atoms with E-state index in [1.54, 1.807) is 0 Å². The zero-order valence-electron chi connectivity index (χ0n) is 19.7. The molecule has 0 radical (unpaired) electrons. The molecular weight excluding hydrogens is 432 g/mol. The second kappa shape index (κ2) is 9.02. The monoisotopic (exact) mass is 464 g/mol. The molecule has 1 aromatic carbocycles. The number of ether oxygens (including phenoxy) is 2. The van der Waals surface area contributed by atoms with Crippen LogP contribution in [-0.4, -0.2) is 56.4 Å². The first kappa shape index (κ1) is 21.6. The Kier molecular flexibility index (Phi) is 5.72. The number of fused-ring (bicyclic) bond motifs is 2. The van der Waals surface area contributed by atoms with Crippen molar-refractivity contribution in [2.45, 2.75) is 64.0 Å². The van der Waals surface area contributed by atoms with Crippen LogP contribution in [0.4, 0.5) is 0 Å². The molecule has 9 nitrogen and oxygen atoms in total. The van der Waals surface area contributed by atoms with Crippen molar-refractivity contribution >= 4 is 10.9 Å². The van der Waals surface area contributed by atoms with Gasteiger partial charge >= 0.3 is 0 Å². The lowest BCUT2D eigenvalue weighted by molar-refractivity contribution is 0.138. The SMILES string of the molecule is C[C@H]1CCCN([C@H](c2cc3cc4c(cc3[nH]c2=O)OCCO4)c2nnnn2C2CCCCC2)C1. The molecule has 1 aliphatic carbocycles. The molecule has 0 amide bonds. The third kappa shape index (κ3) is 3.96. The molecule has 2 atom stereocenters. The topological polar surface area (TPSA) is 98.2 Å². The molecule has 3 aromatic rings. The summed E-state index contributed by atoms with van der Waals surface area (Å²) in [5, 5.41) is 14.0. The molecule has 34 heavy (non-hydrogen) atoms. The van der Waals surface area contributed by atoms with Gasteiger partial charge in [0.1, 0.15) is 19.3 Å². The first-order chi connectivity index (χ1) is 16.7. The molecular formula is C25H32N6O3. The standard InChI is InChI=1S/C25H32N6O3/c1-16-6-5-9-30(15-16)23(24-27-28-29-31(24)18-7-3-2-4-8-18)19-12-17-13-21-22(34-11-10-33-21)14-20(17)26-25(19)32/h12-14,16,18,23H,2-11,15H2,1H3,(H,26,32)/t16-,23+/m0/s1. The molecule has 6 rings (SSSR count). The van der Waals surface area contributed by atoms with Crippen molar-refractivity contribution in [2.24, 2.45) is 5.92 Å². The van der Waals surface area contributed by atoms with E-state index >= 15 is 0 Å². The first-order valence-corrected chi connectivity index (χ1v) is 12.7. The van der Waals surface area contributed by atoms with Crippen LogP contribution in [0.5, 0.6) is 11.5 Å². The fourth-order valence-corrected chi connectivity index (χ4v) is 5.89. The number of piperidine rings is 1. The van der Waals surface area contributed by atoms with Gasteiger partial charge in [-0.25, -0.2) is 4.68 Å². The lowest BCUT2D eigenvalue weighted by atomic mass is 9.93. The van der Waals surface area contributed by atoms with Gasteiger partial charge in [-0.15, -0.1) is 5.10 Å². The van der Waals surface area contributed by atoms with Crippen molar-refractivity contribution in [3.63, 3.8) is 0 Å². The highest BCUT2D eigenvalue weighted by Gasteiger charge is 2.34. The summed E-state index contributed by atoms with van der Waals surface area (Å²) in [6, 6.07) is 5.82. The number of H-pyrrole nitrogens is 1. The molecule has 1 N–H and O–H groups in total. The third-order valence-corrected chi connectivity index (χ3v) is 7.57. The molecule has 2 aromatic heterocycles. The fraction of sp³-hybridized carbons (Fsp3) is 0.600. The van der Waals surface area contributed by atoms with E-state index in [0.29, 0.717) is 42.2 Å². The van der Waals surface area contributed by atoms with E-state index in [9.17, 15) is 4.79 Å². The molecule has 1 saturated heterocycles. The average molecular weight is 465 g/mol. The van der Waals surface area contributed by atoms with Crippen molar-refractivity contribution < 1.29 is 9.47 Å². The number of aromatic amines is 1. The van der Waals surface area contributed by atoms with E-state index in [1.165, 1.54) is 25.7 Å². The predicted octanol–water partition coefficient (Wildman–Crippen LogP) is 3.61. The van der Waals surface area contributed by atoms with Crippen LogP contribution >= 0.6 is 0 Å². The molecule has 1 saturated carbocycles. The molecule has 4 heterocycles. The fourth-order valence-electron chi connectivity index (χ4n) is 5.89. The quantitative estimate of drug-likeness (QED) is 0.630. The number of hydrogen-bond acceptors (Lipinski definition) is 7. The highest BCUT2D eigenvalue weighted by molar-refractivity contribution is 5.83. The minimum atomic E-state index is -0.291. The van der Waals surface area contributed by atoms with Crippen molar-refractivity contribution in [1.29, 1.82) is 0 Å². The number of hydrogen-bond donors (Lipinski definition) is 1. The first-order valence-electron chi connectivity index (χ1n) is 12.7. The Hall–Kier alpha value is -2.94. The highest BCUT2D eigenvalue weighted by Crippen LogP contribution is 2.37. The Labute approximate surface area is 198 Å². The van der Waals surface area contributed by atoms with Gasteiger partial charge in [0, 0.05) is 23.6 Å². The lowest BCUT2D eigenvalue weighted by Gasteiger charge is -2.37. The summed E-state index contributed by atoms with van der Waals surface area (Å²) >= 11 is 0. The Bertz CT molecular complexity index is 1230. The predicted molar refractivity (Wildman–Crippen MR) is 127 cm³/mol. The van der Waals surface area contributed by atoms with Crippen LogP contribution in [0.15, 0.2) is 23.0 Å². The summed E-state index contributed by atoms with van der Waals surface area (Å²) in [5.41, 5.74) is 1.33. The van der Waals surface area contributed by atoms with Gasteiger partial charge in [0.05, 0.1) is 11.6 Å². The summed E-state index contributed by atoms with van der Waals surface area (Å²) in [5.74, 6) is 2.73. The minimum Gasteiger partial charge on any atom is -0.486 e. The normalized spacial score (nSPS) is 22.7. The minimum absolute atomic E-state index is 0.106. The second-order valence-corrected chi connectivity index (χ2v) is 10.1. The van der Waals surface area contributed by atoms with Gasteiger partial charge in [0.15, 0.2) is 17.3 Å². The number of nitrogens with zero attached hydrogens (tertiary/aromatic N) is 5. The van der Waals surface area contributed by atoms with Crippen molar-refractivity contribution in [3.8, 4) is 11.5 Å². The number of tetrazole rings is 1. The third-order valence-electron chi connectivity index (χ3n) is 7.57. The van der Waals surface area contributed by atoms with E-state index in [4.69, 9.17) is 9.47 Å². The van der Waals surface area contributed by atoms with Crippen LogP contribution in [0.1, 0.15) is 75.3 Å². The van der Waals surface area contributed by atoms with Crippen LogP contribution in [-0.2, 0) is 0 Å². The van der Waals surface area contributed by atoms with Crippen LogP contribution < -0.4 is 15.0 Å². The zero-order chi connectivity index (χ0) is 23.1. The molecule has 3 aliphatic rings. The number of pyridine rings is 1. The molecule has 0 unspecified atom stereocenters. The Morgan fingerprint density at radius 1 is 1.03 bits per heavy atom. The summed E-state index contributed by atoms with van der Waals surface area (Å²) in [4.78, 5) is 19.0. The molecule has 2 aliphatic heterocycles. The van der Waals surface area contributed by atoms with Crippen LogP contribution in [0.2, 0.25) is 0 Å². The Morgan fingerprint density at radius 2 is 1.82 bits per heavy atom. The highest BCUT2D eigenvalue weighted by atomic mass is 16.6. The number of aromatic nitrogens is 5. The smallest absolute Gasteiger partial charge is 0.253 e. The van der Waals surface area contributed by atoms with Crippen LogP contribution in [0, 0.1) is 5.92 Å². The van der Waals surface area contributed by atoms with Crippen molar-refractivity contribution in [3.05, 3.63) is 39.9 Å². The number of rotatable bonds is 4. The van der Waals surface area contributed by atoms with Gasteiger partial charge in [-0.3, -0.25) is 9.69 Å². The summed E-state index contributed by atoms with van der Waals surface area (Å²) in [7, 11) is 0. The largest absolute Gasteiger partial charge is 0.486 e. The molecule has 2 fully saturated rings. The summed E-state index contributed by atoms with van der Waals surface area (Å²) in [6.45, 7) is 5.16. The molecule has 0 bridgehead atoms. The number of likely N-dealkylation sites (tertiary alicyclic amines) is 1. The van der Waals surface area contributed by atoms with Gasteiger partial charge in [-0.05, 0) is 60.7 Å². The average Bonchev–Trinajstić information content (AvgIpc) is 3.33. The van der Waals surface area contributed by atoms with Gasteiger partial charge < -0.3 is 14.5 Å². The molecule has 9 heteroatoms. The Morgan fingerprint density at radius 3 is 2.62 bits per heavy atom. The van der Waals surface area contributed by atoms with Crippen LogP contribution in [0.3, 0.4) is 0 Å². The maximum absolute atomic E-state index is 13.5. The lowest BCUT2D eigenvalue weighted by Crippen LogP contribution is -2.41. The zero-order valence-corrected chi connectivity index (χ0v) is 19.7. The molecule has 180 valence electrons. The van der Waals surface area contributed by atoms with Gasteiger partial charge in [0.25, 0.3) is 5.56 Å². The van der Waals surface area contributed by atoms with E-state index in [2.05, 4.69) is 32.3 Å². The number of benzene rings is 1. The number of nitrogens with one attached hydrogen (secondary N) is 1. The summed E-state index contributed by atoms with van der Waals surface area (Å²) in [6.07, 6.45) is 8.12. The van der Waals surface area contributed by atoms with E-state index < -0.39 is 0 Å². The van der Waals surface area contributed by atoms with Crippen molar-refractivity contribution in [2.75, 3.05) is 26.3 Å². The van der Waals surface area contributed by atoms with Gasteiger partial charge in [0.2, 0.25) is 0 Å². The summed E-state index contributed by atoms with van der Waals surface area (Å²) < 4.78 is 13.5. The van der Waals surface area contributed by atoms with Gasteiger partial charge in [-0.1, -0.05) is 26.2 Å². The second-order valence-electron chi connectivity index (χ2n) is 10.1. The van der Waals surface area contributed by atoms with E-state index in [0.717, 1.165) is 49.1 Å². The molecule has 0 spiro atoms. The van der Waals surface area contributed by atoms with Gasteiger partial charge in [-0.2, -0.15) is 0 Å². The van der Waals surface area contributed by atoms with E-state index in [1.807, 2.05) is 22.9 Å². The van der Waals surface area contributed by atoms with E-state index in [-0.39, 0.29) is 11.6 Å². The van der Waals surface area contributed by atoms with Crippen molar-refractivity contribution in [1.82, 2.24) is 30.1 Å². The maximum Gasteiger partial charge on any atom is 0.253 e. The maximum atomic E-state index is 13.5.